The molecule has 2 heteroatoms. The predicted molar refractivity (Wildman–Crippen MR) is 315 cm³/mol. The van der Waals surface area contributed by atoms with Crippen LogP contribution in [-0.4, -0.2) is 0 Å². The van der Waals surface area contributed by atoms with Gasteiger partial charge in [0.25, 0.3) is 0 Å². The fourth-order valence-electron chi connectivity index (χ4n) is 13.4. The number of anilines is 6. The van der Waals surface area contributed by atoms with E-state index in [1.54, 1.807) is 0 Å². The second kappa shape index (κ2) is 17.4. The molecule has 3 aliphatic rings. The van der Waals surface area contributed by atoms with Crippen molar-refractivity contribution >= 4 is 34.1 Å². The van der Waals surface area contributed by atoms with E-state index in [0.717, 1.165) is 22.7 Å². The van der Waals surface area contributed by atoms with E-state index < -0.39 is 10.8 Å². The summed E-state index contributed by atoms with van der Waals surface area (Å²) in [5.74, 6) is 0. The molecular weight excluding hydrogens is 917 g/mol. The first-order valence-corrected chi connectivity index (χ1v) is 26.4. The van der Waals surface area contributed by atoms with Gasteiger partial charge in [-0.3, -0.25) is 0 Å². The monoisotopic (exact) mass is 966 g/mol. The highest BCUT2D eigenvalue weighted by molar-refractivity contribution is 5.98. The van der Waals surface area contributed by atoms with Crippen LogP contribution in [0, 0.1) is 0 Å². The zero-order valence-electron chi connectivity index (χ0n) is 41.8. The number of rotatable bonds is 8. The number of benzene rings is 12. The van der Waals surface area contributed by atoms with Crippen LogP contribution in [-0.2, 0) is 10.8 Å². The van der Waals surface area contributed by atoms with E-state index in [-0.39, 0.29) is 0 Å². The molecule has 1 aliphatic heterocycles. The predicted octanol–water partition coefficient (Wildman–Crippen LogP) is 19.0. The van der Waals surface area contributed by atoms with Crippen molar-refractivity contribution in [3.05, 3.63) is 348 Å². The van der Waals surface area contributed by atoms with Crippen molar-refractivity contribution in [1.82, 2.24) is 0 Å². The first-order chi connectivity index (χ1) is 37.7. The van der Waals surface area contributed by atoms with Gasteiger partial charge in [-0.15, -0.1) is 0 Å². The van der Waals surface area contributed by atoms with Crippen molar-refractivity contribution in [3.8, 4) is 44.5 Å². The first-order valence-electron chi connectivity index (χ1n) is 26.4. The molecule has 15 rings (SSSR count). The molecule has 0 amide bonds. The standard InChI is InChI=1S/C74H50N2/c1-5-21-51(22-6-1)52-37-39-53(40-38-52)54-41-43-58(44-42-54)75(59-45-47-63-61-29-13-15-31-65(61)73(69(63)49-59,55-23-7-2-8-24-55)56-25-9-3-10-26-56)60-46-48-64-62-30-14-16-32-66(62)74(70(64)50-60)67-33-17-19-35-71(67)76(57-27-11-4-12-28-57)72-36-20-18-34-68(72)74/h1-50H. The Balaban J connectivity index is 0.964. The maximum absolute atomic E-state index is 2.51. The Morgan fingerprint density at radius 3 is 1.08 bits per heavy atom. The molecule has 0 fully saturated rings. The van der Waals surface area contributed by atoms with Gasteiger partial charge in [0.2, 0.25) is 0 Å². The largest absolute Gasteiger partial charge is 0.310 e. The summed E-state index contributed by atoms with van der Waals surface area (Å²) >= 11 is 0. The van der Waals surface area contributed by atoms with Crippen LogP contribution in [0.25, 0.3) is 44.5 Å². The van der Waals surface area contributed by atoms with Crippen LogP contribution in [0.5, 0.6) is 0 Å². The minimum Gasteiger partial charge on any atom is -0.310 e. The van der Waals surface area contributed by atoms with Crippen molar-refractivity contribution in [2.75, 3.05) is 9.80 Å². The lowest BCUT2D eigenvalue weighted by atomic mass is 9.64. The molecule has 0 aromatic heterocycles. The summed E-state index contributed by atoms with van der Waals surface area (Å²) in [6, 6.07) is 113. The highest BCUT2D eigenvalue weighted by atomic mass is 15.2. The third-order valence-corrected chi connectivity index (χ3v) is 16.5. The van der Waals surface area contributed by atoms with Gasteiger partial charge in [-0.1, -0.05) is 243 Å². The van der Waals surface area contributed by atoms with E-state index in [4.69, 9.17) is 0 Å². The van der Waals surface area contributed by atoms with Crippen LogP contribution >= 0.6 is 0 Å². The third kappa shape index (κ3) is 6.41. The molecule has 12 aromatic carbocycles. The number of para-hydroxylation sites is 3. The van der Waals surface area contributed by atoms with E-state index in [2.05, 4.69) is 313 Å². The van der Waals surface area contributed by atoms with Gasteiger partial charge in [-0.05, 0) is 150 Å². The summed E-state index contributed by atoms with van der Waals surface area (Å²) in [6.07, 6.45) is 0. The average molecular weight is 967 g/mol. The van der Waals surface area contributed by atoms with Gasteiger partial charge in [-0.2, -0.15) is 0 Å². The lowest BCUT2D eigenvalue weighted by Gasteiger charge is -2.45. The van der Waals surface area contributed by atoms with Gasteiger partial charge in [0, 0.05) is 22.7 Å². The maximum atomic E-state index is 2.51. The van der Waals surface area contributed by atoms with Crippen molar-refractivity contribution in [2.24, 2.45) is 0 Å². The van der Waals surface area contributed by atoms with E-state index in [9.17, 15) is 0 Å². The number of nitrogens with zero attached hydrogens (tertiary/aromatic N) is 2. The second-order valence-electron chi connectivity index (χ2n) is 20.3. The molecule has 0 radical (unpaired) electrons. The molecule has 356 valence electrons. The average Bonchev–Trinajstić information content (AvgIpc) is 4.18. The minimum atomic E-state index is -0.614. The highest BCUT2D eigenvalue weighted by Crippen LogP contribution is 2.64. The van der Waals surface area contributed by atoms with Crippen molar-refractivity contribution < 1.29 is 0 Å². The van der Waals surface area contributed by atoms with Gasteiger partial charge in [-0.25, -0.2) is 0 Å². The minimum absolute atomic E-state index is 0.560. The fourth-order valence-corrected chi connectivity index (χ4v) is 13.4. The maximum Gasteiger partial charge on any atom is 0.0755 e. The number of hydrogen-bond donors (Lipinski definition) is 0. The number of fused-ring (bicyclic) bond motifs is 12. The summed E-state index contributed by atoms with van der Waals surface area (Å²) in [5.41, 5.74) is 25.6. The molecular formula is C74H50N2. The van der Waals surface area contributed by atoms with Crippen LogP contribution in [0.3, 0.4) is 0 Å². The van der Waals surface area contributed by atoms with E-state index in [1.807, 2.05) is 0 Å². The van der Waals surface area contributed by atoms with Gasteiger partial charge >= 0.3 is 0 Å². The van der Waals surface area contributed by atoms with Crippen molar-refractivity contribution in [3.63, 3.8) is 0 Å². The second-order valence-corrected chi connectivity index (χ2v) is 20.3. The van der Waals surface area contributed by atoms with Gasteiger partial charge in [0.15, 0.2) is 0 Å². The van der Waals surface area contributed by atoms with Gasteiger partial charge in [0.1, 0.15) is 0 Å². The topological polar surface area (TPSA) is 6.48 Å². The lowest BCUT2D eigenvalue weighted by Crippen LogP contribution is -2.36. The molecule has 0 saturated heterocycles. The highest BCUT2D eigenvalue weighted by Gasteiger charge is 2.52. The Hall–Kier alpha value is -9.76. The Labute approximate surface area is 444 Å². The van der Waals surface area contributed by atoms with Crippen LogP contribution < -0.4 is 9.80 Å². The molecule has 1 spiro atoms. The van der Waals surface area contributed by atoms with Crippen molar-refractivity contribution in [2.45, 2.75) is 10.8 Å². The van der Waals surface area contributed by atoms with Crippen LogP contribution in [0.2, 0.25) is 0 Å². The molecule has 0 atom stereocenters. The normalized spacial score (nSPS) is 13.7. The van der Waals surface area contributed by atoms with E-state index in [1.165, 1.54) is 100 Å². The molecule has 1 heterocycles. The molecule has 0 N–H and O–H groups in total. The summed E-state index contributed by atoms with van der Waals surface area (Å²) in [4.78, 5) is 4.96. The smallest absolute Gasteiger partial charge is 0.0755 e. The fraction of sp³-hybridized carbons (Fsp3) is 0.0270. The van der Waals surface area contributed by atoms with Crippen molar-refractivity contribution in [1.29, 1.82) is 0 Å². The zero-order chi connectivity index (χ0) is 50.2. The summed E-state index contributed by atoms with van der Waals surface area (Å²) in [7, 11) is 0. The Bertz CT molecular complexity index is 4060. The molecule has 2 nitrogen and oxygen atoms in total. The van der Waals surface area contributed by atoms with Gasteiger partial charge < -0.3 is 9.80 Å². The molecule has 0 unspecified atom stereocenters. The quantitative estimate of drug-likeness (QED) is 0.150. The zero-order valence-corrected chi connectivity index (χ0v) is 41.8. The van der Waals surface area contributed by atoms with Crippen LogP contribution in [0.15, 0.2) is 303 Å². The Kier molecular flexibility index (Phi) is 10.0. The third-order valence-electron chi connectivity index (χ3n) is 16.5. The molecule has 2 aliphatic carbocycles. The summed E-state index contributed by atoms with van der Waals surface area (Å²) < 4.78 is 0. The van der Waals surface area contributed by atoms with E-state index >= 15 is 0 Å². The number of hydrogen-bond acceptors (Lipinski definition) is 2. The molecule has 76 heavy (non-hydrogen) atoms. The van der Waals surface area contributed by atoms with E-state index in [0.29, 0.717) is 0 Å². The Morgan fingerprint density at radius 1 is 0.237 bits per heavy atom. The lowest BCUT2D eigenvalue weighted by molar-refractivity contribution is 0.752. The summed E-state index contributed by atoms with van der Waals surface area (Å²) in [6.45, 7) is 0. The Morgan fingerprint density at radius 2 is 0.579 bits per heavy atom. The van der Waals surface area contributed by atoms with Crippen LogP contribution in [0.4, 0.5) is 34.1 Å². The molecule has 12 aromatic rings. The summed E-state index contributed by atoms with van der Waals surface area (Å²) in [5, 5.41) is 0. The first kappa shape index (κ1) is 43.8. The molecule has 0 bridgehead atoms. The SMILES string of the molecule is c1ccc(-c2ccc(-c3ccc(N(c4ccc5c(c4)C(c4ccccc4)(c4ccccc4)c4ccccc4-5)c4ccc5c(c4)C4(c6ccccc6-5)c5ccccc5N(c5ccccc5)c5ccccc54)cc3)cc2)cc1. The van der Waals surface area contributed by atoms with Crippen LogP contribution in [0.1, 0.15) is 44.5 Å². The molecule has 0 saturated carbocycles. The van der Waals surface area contributed by atoms with Gasteiger partial charge in [0.05, 0.1) is 22.2 Å².